The molecule has 0 bridgehead atoms. The molecule has 1 aliphatic rings. The van der Waals surface area contributed by atoms with Gasteiger partial charge >= 0.3 is 15.5 Å². The summed E-state index contributed by atoms with van der Waals surface area (Å²) in [5.74, 6) is 0.309. The summed E-state index contributed by atoms with van der Waals surface area (Å²) in [6.45, 7) is 3.79. The number of carbonyl (C=O) groups excluding carboxylic acids is 1. The van der Waals surface area contributed by atoms with Crippen LogP contribution in [0.4, 0.5) is 18.9 Å². The first-order chi connectivity index (χ1) is 14.0. The third-order valence-electron chi connectivity index (χ3n) is 4.44. The van der Waals surface area contributed by atoms with Gasteiger partial charge in [-0.25, -0.2) is 13.4 Å². The predicted octanol–water partition coefficient (Wildman–Crippen LogP) is 2.63. The predicted molar refractivity (Wildman–Crippen MR) is 124 cm³/mol. The van der Waals surface area contributed by atoms with E-state index in [0.29, 0.717) is 29.0 Å². The number of halogens is 4. The monoisotopic (exact) mass is 577 g/mol. The molecule has 1 fully saturated rings. The highest BCUT2D eigenvalue weighted by molar-refractivity contribution is 14.0. The lowest BCUT2D eigenvalue weighted by atomic mass is 10.1. The average Bonchev–Trinajstić information content (AvgIpc) is 2.65. The van der Waals surface area contributed by atoms with Gasteiger partial charge in [0.15, 0.2) is 5.96 Å². The second-order valence-electron chi connectivity index (χ2n) is 6.85. The highest BCUT2D eigenvalue weighted by atomic mass is 127. The fourth-order valence-electron chi connectivity index (χ4n) is 3.02. The summed E-state index contributed by atoms with van der Waals surface area (Å²) in [6.07, 6.45) is 0.468. The van der Waals surface area contributed by atoms with Gasteiger partial charge in [0.05, 0.1) is 6.54 Å². The van der Waals surface area contributed by atoms with E-state index in [9.17, 15) is 26.4 Å². The van der Waals surface area contributed by atoms with Crippen LogP contribution in [-0.2, 0) is 21.4 Å². The molecule has 1 heterocycles. The second-order valence-corrected chi connectivity index (χ2v) is 8.77. The van der Waals surface area contributed by atoms with Gasteiger partial charge in [0, 0.05) is 38.3 Å². The highest BCUT2D eigenvalue weighted by Gasteiger charge is 2.50. The minimum Gasteiger partial charge on any atom is -0.357 e. The number of anilines is 1. The van der Waals surface area contributed by atoms with Crippen molar-refractivity contribution in [2.75, 3.05) is 25.0 Å². The summed E-state index contributed by atoms with van der Waals surface area (Å²) in [6, 6.07) is 7.02. The zero-order valence-corrected chi connectivity index (χ0v) is 20.3. The van der Waals surface area contributed by atoms with Crippen molar-refractivity contribution in [2.24, 2.45) is 4.99 Å². The topological polar surface area (TPSA) is 103 Å². The normalized spacial score (nSPS) is 16.4. The number of rotatable bonds is 6. The maximum Gasteiger partial charge on any atom is 0.511 e. The van der Waals surface area contributed by atoms with Gasteiger partial charge in [-0.15, -0.1) is 24.0 Å². The molecule has 0 unspecified atom stereocenters. The highest BCUT2D eigenvalue weighted by Crippen LogP contribution is 2.28. The Morgan fingerprint density at radius 1 is 1.26 bits per heavy atom. The number of nitrogens with zero attached hydrogens (tertiary/aromatic N) is 2. The summed E-state index contributed by atoms with van der Waals surface area (Å²) < 4.78 is 61.6. The number of sulfonamides is 1. The molecule has 0 aromatic heterocycles. The number of guanidine groups is 1. The van der Waals surface area contributed by atoms with E-state index in [4.69, 9.17) is 0 Å². The fourth-order valence-corrected chi connectivity index (χ4v) is 4.01. The number of amides is 1. The van der Waals surface area contributed by atoms with E-state index in [1.54, 1.807) is 18.2 Å². The summed E-state index contributed by atoms with van der Waals surface area (Å²) in [7, 11) is -5.29. The lowest BCUT2D eigenvalue weighted by Gasteiger charge is -2.32. The van der Waals surface area contributed by atoms with Crippen molar-refractivity contribution in [1.82, 2.24) is 14.9 Å². The first-order valence-corrected chi connectivity index (χ1v) is 10.9. The molecule has 31 heavy (non-hydrogen) atoms. The first kappa shape index (κ1) is 27.4. The summed E-state index contributed by atoms with van der Waals surface area (Å²) in [5, 5.41) is 8.92. The zero-order valence-electron chi connectivity index (χ0n) is 17.2. The number of hydrogen-bond donors (Lipinski definition) is 3. The van der Waals surface area contributed by atoms with Gasteiger partial charge in [0.25, 0.3) is 0 Å². The van der Waals surface area contributed by atoms with E-state index < -0.39 is 15.5 Å². The van der Waals surface area contributed by atoms with Crippen LogP contribution in [0.1, 0.15) is 32.3 Å². The van der Waals surface area contributed by atoms with Gasteiger partial charge in [0.1, 0.15) is 0 Å². The number of piperidine rings is 1. The Bertz CT molecular complexity index is 872. The van der Waals surface area contributed by atoms with Crippen LogP contribution in [0.25, 0.3) is 0 Å². The van der Waals surface area contributed by atoms with Crippen LogP contribution in [-0.4, -0.2) is 55.8 Å². The van der Waals surface area contributed by atoms with E-state index in [0.717, 1.165) is 5.56 Å². The molecule has 1 aliphatic heterocycles. The van der Waals surface area contributed by atoms with Crippen molar-refractivity contribution in [3.8, 4) is 0 Å². The standard InChI is InChI=1S/C18H26F3N5O3S.HI/c1-3-22-17(23-12-14-5-4-6-16(11-14)24-13(2)27)25-15-7-9-26(10-8-15)30(28,29)18(19,20)21;/h4-6,11,15H,3,7-10,12H2,1-2H3,(H,24,27)(H2,22,23,25);1H. The lowest BCUT2D eigenvalue weighted by Crippen LogP contribution is -2.51. The van der Waals surface area contributed by atoms with Gasteiger partial charge in [-0.2, -0.15) is 17.5 Å². The van der Waals surface area contributed by atoms with E-state index in [1.165, 1.54) is 6.92 Å². The Kier molecular flexibility index (Phi) is 10.5. The molecule has 2 rings (SSSR count). The second kappa shape index (κ2) is 11.9. The van der Waals surface area contributed by atoms with Crippen LogP contribution in [0.3, 0.4) is 0 Å². The third-order valence-corrected chi connectivity index (χ3v) is 6.07. The number of alkyl halides is 3. The van der Waals surface area contributed by atoms with Gasteiger partial charge < -0.3 is 16.0 Å². The molecule has 1 amide bonds. The van der Waals surface area contributed by atoms with Crippen molar-refractivity contribution in [3.63, 3.8) is 0 Å². The third kappa shape index (κ3) is 8.11. The number of aliphatic imine (C=N–C) groups is 1. The minimum absolute atomic E-state index is 0. The Labute approximate surface area is 197 Å². The SMILES string of the molecule is CCNC(=NCc1cccc(NC(C)=O)c1)NC1CCN(S(=O)(=O)C(F)(F)F)CC1.I. The van der Waals surface area contributed by atoms with Gasteiger partial charge in [-0.1, -0.05) is 12.1 Å². The maximum absolute atomic E-state index is 12.7. The molecule has 1 saturated heterocycles. The van der Waals surface area contributed by atoms with Gasteiger partial charge in [0.2, 0.25) is 5.91 Å². The van der Waals surface area contributed by atoms with Crippen molar-refractivity contribution >= 4 is 51.6 Å². The molecule has 0 aliphatic carbocycles. The molecular formula is C18H27F3IN5O3S. The zero-order chi connectivity index (χ0) is 22.4. The number of benzene rings is 1. The summed E-state index contributed by atoms with van der Waals surface area (Å²) in [4.78, 5) is 15.6. The summed E-state index contributed by atoms with van der Waals surface area (Å²) in [5.41, 5.74) is -3.76. The number of hydrogen-bond acceptors (Lipinski definition) is 4. The molecule has 0 spiro atoms. The van der Waals surface area contributed by atoms with Crippen LogP contribution < -0.4 is 16.0 Å². The van der Waals surface area contributed by atoms with E-state index >= 15 is 0 Å². The molecule has 13 heteroatoms. The molecular weight excluding hydrogens is 550 g/mol. The average molecular weight is 577 g/mol. The molecule has 1 aromatic rings. The molecule has 0 atom stereocenters. The minimum atomic E-state index is -5.29. The smallest absolute Gasteiger partial charge is 0.357 e. The van der Waals surface area contributed by atoms with E-state index in [-0.39, 0.29) is 61.9 Å². The Balaban J connectivity index is 0.00000480. The van der Waals surface area contributed by atoms with E-state index in [2.05, 4.69) is 20.9 Å². The van der Waals surface area contributed by atoms with E-state index in [1.807, 2.05) is 13.0 Å². The number of nitrogens with one attached hydrogen (secondary N) is 3. The fraction of sp³-hybridized carbons (Fsp3) is 0.556. The molecule has 1 aromatic carbocycles. The van der Waals surface area contributed by atoms with Crippen LogP contribution in [0.15, 0.2) is 29.3 Å². The van der Waals surface area contributed by atoms with Crippen LogP contribution in [0.2, 0.25) is 0 Å². The largest absolute Gasteiger partial charge is 0.511 e. The van der Waals surface area contributed by atoms with Crippen molar-refractivity contribution in [2.45, 2.75) is 44.8 Å². The van der Waals surface area contributed by atoms with Gasteiger partial charge in [-0.05, 0) is 37.5 Å². The lowest BCUT2D eigenvalue weighted by molar-refractivity contribution is -0.114. The van der Waals surface area contributed by atoms with Crippen LogP contribution >= 0.6 is 24.0 Å². The molecule has 176 valence electrons. The molecule has 3 N–H and O–H groups in total. The van der Waals surface area contributed by atoms with Crippen molar-refractivity contribution in [3.05, 3.63) is 29.8 Å². The Morgan fingerprint density at radius 3 is 2.45 bits per heavy atom. The van der Waals surface area contributed by atoms with Crippen molar-refractivity contribution in [1.29, 1.82) is 0 Å². The Morgan fingerprint density at radius 2 is 1.90 bits per heavy atom. The van der Waals surface area contributed by atoms with Crippen molar-refractivity contribution < 1.29 is 26.4 Å². The maximum atomic E-state index is 12.7. The molecule has 8 nitrogen and oxygen atoms in total. The number of carbonyl (C=O) groups is 1. The quantitative estimate of drug-likeness (QED) is 0.274. The van der Waals surface area contributed by atoms with Crippen LogP contribution in [0.5, 0.6) is 0 Å². The molecule has 0 radical (unpaired) electrons. The first-order valence-electron chi connectivity index (χ1n) is 9.50. The molecule has 0 saturated carbocycles. The summed E-state index contributed by atoms with van der Waals surface area (Å²) >= 11 is 0. The Hall–Kier alpha value is -1.61. The van der Waals surface area contributed by atoms with Gasteiger partial charge in [-0.3, -0.25) is 4.79 Å². The van der Waals surface area contributed by atoms with Crippen LogP contribution in [0, 0.1) is 0 Å².